The van der Waals surface area contributed by atoms with Crippen molar-refractivity contribution in [2.75, 3.05) is 5.73 Å². The second-order valence-corrected chi connectivity index (χ2v) is 7.86. The zero-order valence-electron chi connectivity index (χ0n) is 14.7. The first-order valence-corrected chi connectivity index (χ1v) is 9.63. The van der Waals surface area contributed by atoms with Gasteiger partial charge in [0.25, 0.3) is 5.91 Å². The molecule has 0 saturated heterocycles. The van der Waals surface area contributed by atoms with Crippen LogP contribution in [0.5, 0.6) is 0 Å². The number of nitrogen functional groups attached to an aromatic ring is 1. The van der Waals surface area contributed by atoms with E-state index in [0.717, 1.165) is 5.56 Å². The summed E-state index contributed by atoms with van der Waals surface area (Å²) in [6, 6.07) is 11.7. The van der Waals surface area contributed by atoms with Gasteiger partial charge in [-0.1, -0.05) is 30.3 Å². The van der Waals surface area contributed by atoms with Gasteiger partial charge in [0.05, 0.1) is 20.9 Å². The van der Waals surface area contributed by atoms with E-state index in [0.29, 0.717) is 46.8 Å². The molecule has 138 valence electrons. The van der Waals surface area contributed by atoms with E-state index in [2.05, 4.69) is 5.10 Å². The van der Waals surface area contributed by atoms with Gasteiger partial charge in [0.1, 0.15) is 0 Å². The van der Waals surface area contributed by atoms with Crippen molar-refractivity contribution in [2.45, 2.75) is 31.2 Å². The maximum atomic E-state index is 13.7. The molecule has 0 bridgehead atoms. The summed E-state index contributed by atoms with van der Waals surface area (Å²) < 4.78 is 1.84. The number of ketones is 1. The Kier molecular flexibility index (Phi) is 4.31. The van der Waals surface area contributed by atoms with Gasteiger partial charge in [-0.2, -0.15) is 5.10 Å². The van der Waals surface area contributed by atoms with Crippen molar-refractivity contribution in [1.82, 2.24) is 9.78 Å². The van der Waals surface area contributed by atoms with Gasteiger partial charge in [-0.05, 0) is 36.5 Å². The van der Waals surface area contributed by atoms with Crippen molar-refractivity contribution < 1.29 is 9.59 Å². The Balaban J connectivity index is 1.79. The fraction of sp³-hybridized carbons (Fsp3) is 0.250. The van der Waals surface area contributed by atoms with Crippen LogP contribution < -0.4 is 11.5 Å². The average molecular weight is 380 g/mol. The Hall–Kier alpha value is -2.93. The number of aryl methyl sites for hydroxylation is 1. The lowest BCUT2D eigenvalue weighted by molar-refractivity contribution is 0.0848. The second kappa shape index (κ2) is 6.66. The molecule has 1 aliphatic rings. The summed E-state index contributed by atoms with van der Waals surface area (Å²) in [5, 5.41) is 4.59. The minimum absolute atomic E-state index is 0.0197. The topological polar surface area (TPSA) is 104 Å². The van der Waals surface area contributed by atoms with Gasteiger partial charge in [-0.3, -0.25) is 14.3 Å². The molecule has 1 unspecified atom stereocenters. The minimum Gasteiger partial charge on any atom is -0.390 e. The van der Waals surface area contributed by atoms with Crippen LogP contribution in [-0.2, 0) is 18.4 Å². The lowest BCUT2D eigenvalue weighted by Gasteiger charge is -2.36. The molecule has 4 N–H and O–H groups in total. The molecule has 0 saturated carbocycles. The largest absolute Gasteiger partial charge is 0.390 e. The number of nitrogens with two attached hydrogens (primary N) is 2. The number of thiophene rings is 1. The molecule has 0 spiro atoms. The highest BCUT2D eigenvalue weighted by Gasteiger charge is 2.46. The minimum atomic E-state index is -0.660. The lowest BCUT2D eigenvalue weighted by atomic mass is 9.66. The van der Waals surface area contributed by atoms with Gasteiger partial charge in [0, 0.05) is 18.9 Å². The third kappa shape index (κ3) is 2.84. The smallest absolute Gasteiger partial charge is 0.251 e. The van der Waals surface area contributed by atoms with E-state index in [4.69, 9.17) is 11.5 Å². The maximum absolute atomic E-state index is 13.7. The van der Waals surface area contributed by atoms with Crippen LogP contribution in [0.1, 0.15) is 44.0 Å². The van der Waals surface area contributed by atoms with Crippen LogP contribution >= 0.6 is 11.3 Å². The van der Waals surface area contributed by atoms with Gasteiger partial charge in [-0.25, -0.2) is 0 Å². The van der Waals surface area contributed by atoms with Crippen molar-refractivity contribution in [3.63, 3.8) is 0 Å². The third-order valence-electron chi connectivity index (χ3n) is 5.38. The molecular weight excluding hydrogens is 360 g/mol. The fourth-order valence-corrected chi connectivity index (χ4v) is 5.16. The quantitative estimate of drug-likeness (QED) is 0.710. The van der Waals surface area contributed by atoms with Crippen LogP contribution in [0.4, 0.5) is 5.00 Å². The number of hydrogen-bond donors (Lipinski definition) is 2. The molecule has 0 radical (unpaired) electrons. The number of rotatable bonds is 5. The summed E-state index contributed by atoms with van der Waals surface area (Å²) in [6.07, 6.45) is 5.46. The van der Waals surface area contributed by atoms with Gasteiger partial charge in [0.15, 0.2) is 5.78 Å². The van der Waals surface area contributed by atoms with E-state index >= 15 is 0 Å². The predicted octanol–water partition coefficient (Wildman–Crippen LogP) is 2.78. The Morgan fingerprint density at radius 1 is 1.26 bits per heavy atom. The van der Waals surface area contributed by atoms with Gasteiger partial charge >= 0.3 is 0 Å². The lowest BCUT2D eigenvalue weighted by Crippen LogP contribution is -2.41. The predicted molar refractivity (Wildman–Crippen MR) is 105 cm³/mol. The highest BCUT2D eigenvalue weighted by Crippen LogP contribution is 2.46. The molecule has 1 aliphatic carbocycles. The van der Waals surface area contributed by atoms with Crippen LogP contribution in [0, 0.1) is 0 Å². The molecule has 4 rings (SSSR count). The maximum Gasteiger partial charge on any atom is 0.251 e. The molecule has 7 heteroatoms. The SMILES string of the molecule is NC(=O)c1c(N)sc2c1CCC(CCn1cccn1)(c1ccccc1)C2=O. The van der Waals surface area contributed by atoms with Crippen LogP contribution in [0.3, 0.4) is 0 Å². The number of primary amides is 1. The molecule has 2 aromatic heterocycles. The van der Waals surface area contributed by atoms with Crippen LogP contribution in [-0.4, -0.2) is 21.5 Å². The van der Waals surface area contributed by atoms with Gasteiger partial charge in [-0.15, -0.1) is 11.3 Å². The average Bonchev–Trinajstić information content (AvgIpc) is 3.29. The Bertz CT molecular complexity index is 995. The van der Waals surface area contributed by atoms with Crippen molar-refractivity contribution in [1.29, 1.82) is 0 Å². The summed E-state index contributed by atoms with van der Waals surface area (Å²) in [4.78, 5) is 26.0. The first-order chi connectivity index (χ1) is 13.0. The Morgan fingerprint density at radius 3 is 2.70 bits per heavy atom. The second-order valence-electron chi connectivity index (χ2n) is 6.81. The van der Waals surface area contributed by atoms with E-state index in [9.17, 15) is 9.59 Å². The van der Waals surface area contributed by atoms with Crippen molar-refractivity contribution >= 4 is 28.0 Å². The molecule has 6 nitrogen and oxygen atoms in total. The summed E-state index contributed by atoms with van der Waals surface area (Å²) >= 11 is 1.18. The van der Waals surface area contributed by atoms with Gasteiger partial charge in [0.2, 0.25) is 0 Å². The Morgan fingerprint density at radius 2 is 2.04 bits per heavy atom. The van der Waals surface area contributed by atoms with Crippen molar-refractivity contribution in [3.05, 3.63) is 70.4 Å². The first kappa shape index (κ1) is 17.5. The number of Topliss-reactive ketones (excluding diaryl/α,β-unsaturated/α-hetero) is 1. The standard InChI is InChI=1S/C20H20N4O2S/c21-18(26)15-14-7-8-20(13-5-2-1-3-6-13,9-12-24-11-4-10-23-24)17(25)16(14)27-19(15)22/h1-6,10-11H,7-9,12,22H2,(H2,21,26). The Labute approximate surface area is 160 Å². The monoisotopic (exact) mass is 380 g/mol. The normalized spacial score (nSPS) is 19.0. The summed E-state index contributed by atoms with van der Waals surface area (Å²) in [5.41, 5.74) is 12.9. The van der Waals surface area contributed by atoms with E-state index in [1.165, 1.54) is 11.3 Å². The van der Waals surface area contributed by atoms with Crippen molar-refractivity contribution in [3.8, 4) is 0 Å². The van der Waals surface area contributed by atoms with E-state index in [1.54, 1.807) is 6.20 Å². The number of carbonyl (C=O) groups is 2. The number of anilines is 1. The number of aromatic nitrogens is 2. The molecule has 1 atom stereocenters. The van der Waals surface area contributed by atoms with Crippen LogP contribution in [0.2, 0.25) is 0 Å². The summed E-state index contributed by atoms with van der Waals surface area (Å²) in [5.74, 6) is -0.548. The zero-order valence-corrected chi connectivity index (χ0v) is 15.5. The van der Waals surface area contributed by atoms with Crippen LogP contribution in [0.15, 0.2) is 48.8 Å². The van der Waals surface area contributed by atoms with E-state index in [-0.39, 0.29) is 5.78 Å². The van der Waals surface area contributed by atoms with E-state index in [1.807, 2.05) is 47.3 Å². The molecule has 0 aliphatic heterocycles. The molecule has 3 aromatic rings. The van der Waals surface area contributed by atoms with Gasteiger partial charge < -0.3 is 11.5 Å². The summed E-state index contributed by atoms with van der Waals surface area (Å²) in [7, 11) is 0. The number of amides is 1. The molecule has 0 fully saturated rings. The number of carbonyl (C=O) groups excluding carboxylic acids is 2. The van der Waals surface area contributed by atoms with E-state index < -0.39 is 11.3 Å². The van der Waals surface area contributed by atoms with Crippen LogP contribution in [0.25, 0.3) is 0 Å². The highest BCUT2D eigenvalue weighted by atomic mass is 32.1. The number of nitrogens with zero attached hydrogens (tertiary/aromatic N) is 2. The number of benzene rings is 1. The highest BCUT2D eigenvalue weighted by molar-refractivity contribution is 7.18. The fourth-order valence-electron chi connectivity index (χ4n) is 4.00. The molecule has 27 heavy (non-hydrogen) atoms. The molecule has 2 heterocycles. The van der Waals surface area contributed by atoms with Crippen molar-refractivity contribution in [2.24, 2.45) is 5.73 Å². The molecular formula is C20H20N4O2S. The molecule has 1 aromatic carbocycles. The first-order valence-electron chi connectivity index (χ1n) is 8.81. The summed E-state index contributed by atoms with van der Waals surface area (Å²) in [6.45, 7) is 0.631. The number of fused-ring (bicyclic) bond motifs is 1. The third-order valence-corrected chi connectivity index (χ3v) is 6.44. The number of hydrogen-bond acceptors (Lipinski definition) is 5. The zero-order chi connectivity index (χ0) is 19.0. The molecule has 1 amide bonds.